The lowest BCUT2D eigenvalue weighted by Crippen LogP contribution is -2.28. The van der Waals surface area contributed by atoms with Gasteiger partial charge in [0.05, 0.1) is 35.1 Å². The van der Waals surface area contributed by atoms with E-state index in [4.69, 9.17) is 38.5 Å². The number of nitrogens with two attached hydrogens (primary N) is 1. The average Bonchev–Trinajstić information content (AvgIpc) is 2.61. The second-order valence-corrected chi connectivity index (χ2v) is 5.87. The first-order valence-corrected chi connectivity index (χ1v) is 8.07. The molecule has 0 saturated carbocycles. The van der Waals surface area contributed by atoms with E-state index in [0.29, 0.717) is 0 Å². The number of nitrogen functional groups attached to an aromatic ring is 1. The maximum absolute atomic E-state index is 14.7. The van der Waals surface area contributed by atoms with Crippen molar-refractivity contribution in [3.63, 3.8) is 0 Å². The number of amides is 1. The monoisotopic (exact) mass is 399 g/mol. The Labute approximate surface area is 159 Å². The van der Waals surface area contributed by atoms with Crippen molar-refractivity contribution in [3.05, 3.63) is 52.4 Å². The van der Waals surface area contributed by atoms with Gasteiger partial charge in [0.25, 0.3) is 5.91 Å². The molecule has 0 aliphatic rings. The van der Waals surface area contributed by atoms with E-state index in [2.05, 4.69) is 11.6 Å². The largest absolute Gasteiger partial charge is 0.492 e. The summed E-state index contributed by atoms with van der Waals surface area (Å²) in [6.45, 7) is 3.60. The SMILES string of the molecule is C=CCON(C)C(=O)c1nc(-c2ccc(Cl)c(OC)c2F)cc(N)c1Cl. The molecule has 0 unspecified atom stereocenters. The number of halogens is 3. The fourth-order valence-corrected chi connectivity index (χ4v) is 2.52. The van der Waals surface area contributed by atoms with Crippen molar-refractivity contribution in [3.8, 4) is 17.0 Å². The van der Waals surface area contributed by atoms with Gasteiger partial charge in [-0.25, -0.2) is 14.4 Å². The molecule has 9 heteroatoms. The summed E-state index contributed by atoms with van der Waals surface area (Å²) in [5, 5.41) is 0.983. The van der Waals surface area contributed by atoms with Crippen LogP contribution in [0.25, 0.3) is 11.3 Å². The molecular formula is C17H16Cl2FN3O3. The minimum absolute atomic E-state index is 0.0540. The number of benzene rings is 1. The average molecular weight is 400 g/mol. The number of aromatic nitrogens is 1. The van der Waals surface area contributed by atoms with Crippen molar-refractivity contribution in [2.75, 3.05) is 26.5 Å². The van der Waals surface area contributed by atoms with Gasteiger partial charge in [-0.1, -0.05) is 29.3 Å². The first-order chi connectivity index (χ1) is 12.3. The van der Waals surface area contributed by atoms with Crippen molar-refractivity contribution >= 4 is 34.8 Å². The Bertz CT molecular complexity index is 862. The second kappa shape index (κ2) is 8.35. The van der Waals surface area contributed by atoms with Crippen molar-refractivity contribution < 1.29 is 18.8 Å². The minimum Gasteiger partial charge on any atom is -0.492 e. The standard InChI is InChI=1S/C17H16Cl2FN3O3/c1-4-7-26-23(2)17(24)15-13(19)11(21)8-12(22-15)9-5-6-10(18)16(25-3)14(9)20/h4-6,8H,1,7H2,2-3H3,(H2,21,22). The number of carbonyl (C=O) groups excluding carboxylic acids is 1. The van der Waals surface area contributed by atoms with E-state index in [9.17, 15) is 9.18 Å². The van der Waals surface area contributed by atoms with Crippen molar-refractivity contribution in [2.45, 2.75) is 0 Å². The van der Waals surface area contributed by atoms with E-state index < -0.39 is 11.7 Å². The summed E-state index contributed by atoms with van der Waals surface area (Å²) in [4.78, 5) is 21.8. The number of rotatable bonds is 6. The number of carbonyl (C=O) groups is 1. The van der Waals surface area contributed by atoms with Crippen LogP contribution < -0.4 is 10.5 Å². The number of pyridine rings is 1. The summed E-state index contributed by atoms with van der Waals surface area (Å²) in [6, 6.07) is 4.21. The van der Waals surface area contributed by atoms with Crippen LogP contribution in [0.15, 0.2) is 30.9 Å². The maximum atomic E-state index is 14.7. The van der Waals surface area contributed by atoms with Gasteiger partial charge in [0, 0.05) is 12.6 Å². The molecule has 138 valence electrons. The number of hydroxylamine groups is 2. The Hall–Kier alpha value is -2.35. The molecule has 1 heterocycles. The molecule has 0 atom stereocenters. The Morgan fingerprint density at radius 1 is 1.46 bits per heavy atom. The molecule has 1 aromatic carbocycles. The zero-order chi connectivity index (χ0) is 19.4. The maximum Gasteiger partial charge on any atom is 0.297 e. The zero-order valence-electron chi connectivity index (χ0n) is 14.1. The van der Waals surface area contributed by atoms with E-state index in [1.807, 2.05) is 0 Å². The van der Waals surface area contributed by atoms with Gasteiger partial charge in [0.15, 0.2) is 17.3 Å². The van der Waals surface area contributed by atoms with Gasteiger partial charge in [-0.05, 0) is 18.2 Å². The molecule has 2 aromatic rings. The van der Waals surface area contributed by atoms with Crippen LogP contribution in [-0.4, -0.2) is 36.7 Å². The van der Waals surface area contributed by atoms with Crippen LogP contribution in [0.1, 0.15) is 10.5 Å². The molecule has 0 aliphatic carbocycles. The first-order valence-electron chi connectivity index (χ1n) is 7.32. The molecule has 1 aromatic heterocycles. The number of hydrogen-bond acceptors (Lipinski definition) is 5. The second-order valence-electron chi connectivity index (χ2n) is 5.09. The zero-order valence-corrected chi connectivity index (χ0v) is 15.6. The highest BCUT2D eigenvalue weighted by molar-refractivity contribution is 6.36. The van der Waals surface area contributed by atoms with Crippen LogP contribution in [0.2, 0.25) is 10.0 Å². The van der Waals surface area contributed by atoms with Crippen LogP contribution in [0, 0.1) is 5.82 Å². The van der Waals surface area contributed by atoms with E-state index in [-0.39, 0.29) is 45.0 Å². The molecule has 2 N–H and O–H groups in total. The number of anilines is 1. The number of nitrogens with zero attached hydrogens (tertiary/aromatic N) is 2. The Morgan fingerprint density at radius 3 is 2.77 bits per heavy atom. The molecule has 0 bridgehead atoms. The smallest absolute Gasteiger partial charge is 0.297 e. The highest BCUT2D eigenvalue weighted by Crippen LogP contribution is 2.36. The molecular weight excluding hydrogens is 384 g/mol. The highest BCUT2D eigenvalue weighted by Gasteiger charge is 2.23. The summed E-state index contributed by atoms with van der Waals surface area (Å²) in [6.07, 6.45) is 1.47. The summed E-state index contributed by atoms with van der Waals surface area (Å²) in [5.74, 6) is -1.52. The quantitative estimate of drug-likeness (QED) is 0.587. The van der Waals surface area contributed by atoms with Gasteiger partial charge < -0.3 is 10.5 Å². The van der Waals surface area contributed by atoms with Gasteiger partial charge in [-0.15, -0.1) is 6.58 Å². The molecule has 1 amide bonds. The van der Waals surface area contributed by atoms with Crippen molar-refractivity contribution in [1.29, 1.82) is 0 Å². The number of methoxy groups -OCH3 is 1. The van der Waals surface area contributed by atoms with Crippen molar-refractivity contribution in [2.24, 2.45) is 0 Å². The lowest BCUT2D eigenvalue weighted by atomic mass is 10.1. The van der Waals surface area contributed by atoms with Crippen LogP contribution >= 0.6 is 23.2 Å². The van der Waals surface area contributed by atoms with Gasteiger partial charge >= 0.3 is 0 Å². The predicted octanol–water partition coefficient (Wildman–Crippen LogP) is 3.97. The van der Waals surface area contributed by atoms with E-state index in [1.54, 1.807) is 0 Å². The molecule has 0 saturated heterocycles. The van der Waals surface area contributed by atoms with Gasteiger partial charge in [0.2, 0.25) is 0 Å². The van der Waals surface area contributed by atoms with Crippen LogP contribution in [-0.2, 0) is 4.84 Å². The van der Waals surface area contributed by atoms with E-state index in [1.165, 1.54) is 38.4 Å². The van der Waals surface area contributed by atoms with Crippen LogP contribution in [0.4, 0.5) is 10.1 Å². The van der Waals surface area contributed by atoms with E-state index >= 15 is 0 Å². The van der Waals surface area contributed by atoms with Crippen LogP contribution in [0.3, 0.4) is 0 Å². The fourth-order valence-electron chi connectivity index (χ4n) is 2.12. The molecule has 0 aliphatic heterocycles. The normalized spacial score (nSPS) is 10.5. The summed E-state index contributed by atoms with van der Waals surface area (Å²) >= 11 is 12.0. The third-order valence-corrected chi connectivity index (χ3v) is 4.08. The van der Waals surface area contributed by atoms with Crippen LogP contribution in [0.5, 0.6) is 5.75 Å². The first kappa shape index (κ1) is 20.0. The molecule has 26 heavy (non-hydrogen) atoms. The third-order valence-electron chi connectivity index (χ3n) is 3.39. The Balaban J connectivity index is 2.55. The highest BCUT2D eigenvalue weighted by atomic mass is 35.5. The van der Waals surface area contributed by atoms with Gasteiger partial charge in [-0.2, -0.15) is 0 Å². The summed E-state index contributed by atoms with van der Waals surface area (Å²) < 4.78 is 19.6. The van der Waals surface area contributed by atoms with Gasteiger partial charge in [0.1, 0.15) is 0 Å². The lowest BCUT2D eigenvalue weighted by molar-refractivity contribution is -0.0935. The number of hydrogen-bond donors (Lipinski definition) is 1. The Kier molecular flexibility index (Phi) is 6.42. The summed E-state index contributed by atoms with van der Waals surface area (Å²) in [5.41, 5.74) is 5.90. The fraction of sp³-hybridized carbons (Fsp3) is 0.176. The molecule has 2 rings (SSSR count). The van der Waals surface area contributed by atoms with E-state index in [0.717, 1.165) is 5.06 Å². The predicted molar refractivity (Wildman–Crippen MR) is 98.9 cm³/mol. The molecule has 6 nitrogen and oxygen atoms in total. The Morgan fingerprint density at radius 2 is 2.15 bits per heavy atom. The molecule has 0 radical (unpaired) electrons. The third kappa shape index (κ3) is 3.90. The molecule has 0 fully saturated rings. The summed E-state index contributed by atoms with van der Waals surface area (Å²) in [7, 11) is 2.68. The lowest BCUT2D eigenvalue weighted by Gasteiger charge is -2.17. The molecule has 0 spiro atoms. The minimum atomic E-state index is -0.733. The topological polar surface area (TPSA) is 77.7 Å². The number of ether oxygens (including phenoxy) is 1. The van der Waals surface area contributed by atoms with Crippen molar-refractivity contribution in [1.82, 2.24) is 10.0 Å². The van der Waals surface area contributed by atoms with Gasteiger partial charge in [-0.3, -0.25) is 9.63 Å².